The van der Waals surface area contributed by atoms with Gasteiger partial charge in [0.25, 0.3) is 5.92 Å². The van der Waals surface area contributed by atoms with E-state index in [1.54, 1.807) is 0 Å². The number of aliphatic hydroxyl groups is 2. The van der Waals surface area contributed by atoms with E-state index in [4.69, 9.17) is 10.2 Å². The van der Waals surface area contributed by atoms with Gasteiger partial charge in [0.15, 0.2) is 0 Å². The van der Waals surface area contributed by atoms with Crippen molar-refractivity contribution in [2.45, 2.75) is 44.6 Å². The summed E-state index contributed by atoms with van der Waals surface area (Å²) >= 11 is 0. The first-order valence-corrected chi connectivity index (χ1v) is 4.89. The molecule has 84 valence electrons. The van der Waals surface area contributed by atoms with Gasteiger partial charge < -0.3 is 10.2 Å². The van der Waals surface area contributed by atoms with Gasteiger partial charge in [-0.1, -0.05) is 32.3 Å². The molecule has 0 aliphatic rings. The zero-order chi connectivity index (χ0) is 11.0. The average Bonchev–Trinajstić information content (AvgIpc) is 2.15. The van der Waals surface area contributed by atoms with Gasteiger partial charge in [0.1, 0.15) is 6.10 Å². The van der Waals surface area contributed by atoms with E-state index < -0.39 is 18.6 Å². The van der Waals surface area contributed by atoms with Gasteiger partial charge in [-0.05, 0) is 12.5 Å². The van der Waals surface area contributed by atoms with E-state index >= 15 is 0 Å². The molecule has 0 aromatic rings. The van der Waals surface area contributed by atoms with Gasteiger partial charge in [-0.3, -0.25) is 0 Å². The van der Waals surface area contributed by atoms with E-state index in [9.17, 15) is 8.78 Å². The van der Waals surface area contributed by atoms with E-state index in [0.29, 0.717) is 12.5 Å². The second kappa shape index (κ2) is 6.90. The smallest absolute Gasteiger partial charge is 0.291 e. The van der Waals surface area contributed by atoms with Crippen molar-refractivity contribution in [3.8, 4) is 0 Å². The summed E-state index contributed by atoms with van der Waals surface area (Å²) in [4.78, 5) is 0. The zero-order valence-electron chi connectivity index (χ0n) is 8.42. The Balaban J connectivity index is 3.93. The predicted molar refractivity (Wildman–Crippen MR) is 51.3 cm³/mol. The van der Waals surface area contributed by atoms with Crippen molar-refractivity contribution in [3.63, 3.8) is 0 Å². The monoisotopic (exact) mass is 208 g/mol. The van der Waals surface area contributed by atoms with Crippen molar-refractivity contribution in [2.24, 2.45) is 0 Å². The summed E-state index contributed by atoms with van der Waals surface area (Å²) in [5, 5.41) is 17.5. The standard InChI is InChI=1S/C10H18F2O2/c1-2-3-4-6-9(14)10(11,12)7-5-8-13/h5,7,9,13-14H,2-4,6,8H2,1H3/b7-5-. The maximum Gasteiger partial charge on any atom is 0.291 e. The number of unbranched alkanes of at least 4 members (excludes halogenated alkanes) is 2. The summed E-state index contributed by atoms with van der Waals surface area (Å²) in [6.45, 7) is 1.54. The van der Waals surface area contributed by atoms with Crippen LogP contribution in [0.15, 0.2) is 12.2 Å². The Morgan fingerprint density at radius 2 is 2.00 bits per heavy atom. The molecule has 0 saturated carbocycles. The highest BCUT2D eigenvalue weighted by atomic mass is 19.3. The number of rotatable bonds is 7. The highest BCUT2D eigenvalue weighted by molar-refractivity contribution is 4.98. The fourth-order valence-electron chi connectivity index (χ4n) is 1.10. The molecule has 1 unspecified atom stereocenters. The lowest BCUT2D eigenvalue weighted by molar-refractivity contribution is -0.0736. The number of hydrogen-bond donors (Lipinski definition) is 2. The average molecular weight is 208 g/mol. The van der Waals surface area contributed by atoms with Crippen molar-refractivity contribution < 1.29 is 19.0 Å². The normalized spacial score (nSPS) is 14.9. The molecule has 4 heteroatoms. The van der Waals surface area contributed by atoms with Gasteiger partial charge in [0, 0.05) is 0 Å². The second-order valence-electron chi connectivity index (χ2n) is 3.27. The van der Waals surface area contributed by atoms with Crippen LogP contribution in [-0.4, -0.2) is 28.8 Å². The Hall–Kier alpha value is -0.480. The molecule has 0 aliphatic heterocycles. The minimum absolute atomic E-state index is 0.0939. The molecular formula is C10H18F2O2. The molecule has 0 saturated heterocycles. The maximum atomic E-state index is 13.0. The molecule has 0 aromatic carbocycles. The van der Waals surface area contributed by atoms with Crippen LogP contribution in [0.1, 0.15) is 32.6 Å². The van der Waals surface area contributed by atoms with E-state index in [-0.39, 0.29) is 6.42 Å². The lowest BCUT2D eigenvalue weighted by Gasteiger charge is -2.18. The fourth-order valence-corrected chi connectivity index (χ4v) is 1.10. The Labute approximate surface area is 83.3 Å². The van der Waals surface area contributed by atoms with Crippen molar-refractivity contribution in [2.75, 3.05) is 6.61 Å². The third-order valence-electron chi connectivity index (χ3n) is 1.97. The van der Waals surface area contributed by atoms with Gasteiger partial charge in [-0.15, -0.1) is 0 Å². The maximum absolute atomic E-state index is 13.0. The summed E-state index contributed by atoms with van der Waals surface area (Å²) in [7, 11) is 0. The summed E-state index contributed by atoms with van der Waals surface area (Å²) in [6.07, 6.45) is 2.34. The second-order valence-corrected chi connectivity index (χ2v) is 3.27. The molecule has 2 N–H and O–H groups in total. The van der Waals surface area contributed by atoms with Crippen LogP contribution < -0.4 is 0 Å². The van der Waals surface area contributed by atoms with E-state index in [1.807, 2.05) is 6.92 Å². The van der Waals surface area contributed by atoms with Gasteiger partial charge >= 0.3 is 0 Å². The topological polar surface area (TPSA) is 40.5 Å². The van der Waals surface area contributed by atoms with Crippen LogP contribution in [-0.2, 0) is 0 Å². The van der Waals surface area contributed by atoms with E-state index in [2.05, 4.69) is 0 Å². The third-order valence-corrected chi connectivity index (χ3v) is 1.97. The first-order valence-electron chi connectivity index (χ1n) is 4.89. The van der Waals surface area contributed by atoms with Crippen LogP contribution in [0, 0.1) is 0 Å². The summed E-state index contributed by atoms with van der Waals surface area (Å²) in [6, 6.07) is 0. The first-order chi connectivity index (χ1) is 6.54. The van der Waals surface area contributed by atoms with Crippen LogP contribution >= 0.6 is 0 Å². The van der Waals surface area contributed by atoms with Crippen molar-refractivity contribution in [1.29, 1.82) is 0 Å². The van der Waals surface area contributed by atoms with Crippen LogP contribution in [0.5, 0.6) is 0 Å². The number of aliphatic hydroxyl groups excluding tert-OH is 2. The lowest BCUT2D eigenvalue weighted by Crippen LogP contribution is -2.31. The molecule has 14 heavy (non-hydrogen) atoms. The van der Waals surface area contributed by atoms with Gasteiger partial charge in [0.05, 0.1) is 6.61 Å². The van der Waals surface area contributed by atoms with Gasteiger partial charge in [-0.2, -0.15) is 8.78 Å². The molecule has 0 aromatic heterocycles. The molecular weight excluding hydrogens is 190 g/mol. The summed E-state index contributed by atoms with van der Waals surface area (Å²) in [5.41, 5.74) is 0. The number of hydrogen-bond acceptors (Lipinski definition) is 2. The number of halogens is 2. The number of alkyl halides is 2. The largest absolute Gasteiger partial charge is 0.392 e. The molecule has 0 bridgehead atoms. The highest BCUT2D eigenvalue weighted by Crippen LogP contribution is 2.24. The molecule has 0 aliphatic carbocycles. The molecule has 0 spiro atoms. The fraction of sp³-hybridized carbons (Fsp3) is 0.800. The minimum atomic E-state index is -3.23. The minimum Gasteiger partial charge on any atom is -0.392 e. The Bertz CT molecular complexity index is 170. The lowest BCUT2D eigenvalue weighted by atomic mass is 10.0. The first kappa shape index (κ1) is 13.5. The van der Waals surface area contributed by atoms with Gasteiger partial charge in [-0.25, -0.2) is 0 Å². The zero-order valence-corrected chi connectivity index (χ0v) is 8.42. The Morgan fingerprint density at radius 1 is 1.36 bits per heavy atom. The predicted octanol–water partition coefficient (Wildman–Crippen LogP) is 2.11. The quantitative estimate of drug-likeness (QED) is 0.497. The Kier molecular flexibility index (Phi) is 6.66. The van der Waals surface area contributed by atoms with Crippen LogP contribution in [0.4, 0.5) is 8.78 Å². The van der Waals surface area contributed by atoms with E-state index in [0.717, 1.165) is 18.9 Å². The van der Waals surface area contributed by atoms with Crippen LogP contribution in [0.3, 0.4) is 0 Å². The van der Waals surface area contributed by atoms with Crippen molar-refractivity contribution >= 4 is 0 Å². The van der Waals surface area contributed by atoms with Crippen LogP contribution in [0.2, 0.25) is 0 Å². The van der Waals surface area contributed by atoms with E-state index in [1.165, 1.54) is 0 Å². The molecule has 0 amide bonds. The van der Waals surface area contributed by atoms with Gasteiger partial charge in [0.2, 0.25) is 0 Å². The third kappa shape index (κ3) is 5.29. The SMILES string of the molecule is CCCCCC(O)C(F)(F)/C=C\CO. The molecule has 0 radical (unpaired) electrons. The summed E-state index contributed by atoms with van der Waals surface area (Å²) < 4.78 is 26.0. The highest BCUT2D eigenvalue weighted by Gasteiger charge is 2.34. The molecule has 1 atom stereocenters. The molecule has 0 fully saturated rings. The van der Waals surface area contributed by atoms with Crippen molar-refractivity contribution in [1.82, 2.24) is 0 Å². The Morgan fingerprint density at radius 3 is 2.50 bits per heavy atom. The summed E-state index contributed by atoms with van der Waals surface area (Å²) in [5.74, 6) is -3.23. The molecule has 2 nitrogen and oxygen atoms in total. The van der Waals surface area contributed by atoms with Crippen LogP contribution in [0.25, 0.3) is 0 Å². The molecule has 0 heterocycles. The molecule has 0 rings (SSSR count). The van der Waals surface area contributed by atoms with Crippen molar-refractivity contribution in [3.05, 3.63) is 12.2 Å².